The van der Waals surface area contributed by atoms with Gasteiger partial charge in [-0.25, -0.2) is 9.78 Å². The first-order valence-electron chi connectivity index (χ1n) is 7.84. The molecule has 1 heterocycles. The van der Waals surface area contributed by atoms with E-state index in [1.165, 1.54) is 19.2 Å². The Morgan fingerprint density at radius 2 is 1.88 bits per heavy atom. The van der Waals surface area contributed by atoms with Gasteiger partial charge in [0.2, 0.25) is 0 Å². The molecule has 0 radical (unpaired) electrons. The van der Waals surface area contributed by atoms with Crippen molar-refractivity contribution >= 4 is 22.6 Å². The van der Waals surface area contributed by atoms with E-state index < -0.39 is 10.9 Å². The van der Waals surface area contributed by atoms with Crippen LogP contribution in [0.2, 0.25) is 0 Å². The summed E-state index contributed by atoms with van der Waals surface area (Å²) < 4.78 is 10.1. The minimum Gasteiger partial charge on any atom is -0.481 e. The Bertz CT molecular complexity index is 983. The zero-order valence-corrected chi connectivity index (χ0v) is 14.3. The molecular formula is C19H16N2O5. The number of non-ortho nitro benzene ring substituents is 1. The number of nitro groups is 1. The molecule has 0 unspecified atom stereocenters. The molecule has 2 aromatic carbocycles. The van der Waals surface area contributed by atoms with Crippen molar-refractivity contribution in [3.05, 3.63) is 64.2 Å². The van der Waals surface area contributed by atoms with E-state index in [9.17, 15) is 14.9 Å². The Hall–Kier alpha value is -3.48. The molecule has 0 aliphatic rings. The molecule has 0 aliphatic heterocycles. The molecule has 1 aromatic heterocycles. The largest absolute Gasteiger partial charge is 0.481 e. The molecule has 0 saturated carbocycles. The highest BCUT2D eigenvalue weighted by atomic mass is 16.6. The Labute approximate surface area is 149 Å². The third-order valence-electron chi connectivity index (χ3n) is 3.89. The summed E-state index contributed by atoms with van der Waals surface area (Å²) in [7, 11) is 1.26. The molecular weight excluding hydrogens is 336 g/mol. The number of aromatic nitrogens is 1. The number of hydrogen-bond acceptors (Lipinski definition) is 6. The quantitative estimate of drug-likeness (QED) is 0.395. The summed E-state index contributed by atoms with van der Waals surface area (Å²) in [4.78, 5) is 26.6. The van der Waals surface area contributed by atoms with Crippen LogP contribution in [0.5, 0.6) is 5.75 Å². The summed E-state index contributed by atoms with van der Waals surface area (Å²) in [6, 6.07) is 13.8. The summed E-state index contributed by atoms with van der Waals surface area (Å²) in [6.45, 7) is 1.69. The van der Waals surface area contributed by atoms with Crippen molar-refractivity contribution in [1.29, 1.82) is 0 Å². The van der Waals surface area contributed by atoms with Crippen LogP contribution < -0.4 is 4.74 Å². The fourth-order valence-corrected chi connectivity index (χ4v) is 2.48. The molecule has 0 amide bonds. The number of ether oxygens (including phenoxy) is 2. The maximum absolute atomic E-state index is 11.4. The van der Waals surface area contributed by atoms with E-state index >= 15 is 0 Å². The van der Waals surface area contributed by atoms with Gasteiger partial charge in [-0.05, 0) is 13.0 Å². The van der Waals surface area contributed by atoms with Crippen LogP contribution in [0.4, 0.5) is 5.69 Å². The number of carbonyl (C=O) groups is 1. The number of carbonyl (C=O) groups excluding carboxylic acids is 1. The molecule has 26 heavy (non-hydrogen) atoms. The van der Waals surface area contributed by atoms with Crippen LogP contribution in [0.1, 0.15) is 5.56 Å². The van der Waals surface area contributed by atoms with E-state index in [0.717, 1.165) is 11.1 Å². The summed E-state index contributed by atoms with van der Waals surface area (Å²) in [6.07, 6.45) is 0. The van der Waals surface area contributed by atoms with Crippen molar-refractivity contribution in [3.63, 3.8) is 0 Å². The van der Waals surface area contributed by atoms with Crippen LogP contribution in [0.15, 0.2) is 48.5 Å². The number of pyridine rings is 1. The lowest BCUT2D eigenvalue weighted by Crippen LogP contribution is -2.12. The van der Waals surface area contributed by atoms with Gasteiger partial charge in [-0.2, -0.15) is 0 Å². The maximum atomic E-state index is 11.4. The first-order chi connectivity index (χ1) is 12.5. The maximum Gasteiger partial charge on any atom is 0.343 e. The number of nitro benzene ring substituents is 1. The van der Waals surface area contributed by atoms with Crippen molar-refractivity contribution < 1.29 is 19.2 Å². The predicted molar refractivity (Wildman–Crippen MR) is 96.1 cm³/mol. The first-order valence-corrected chi connectivity index (χ1v) is 7.84. The predicted octanol–water partition coefficient (Wildman–Crippen LogP) is 3.67. The smallest absolute Gasteiger partial charge is 0.343 e. The molecule has 0 saturated heterocycles. The lowest BCUT2D eigenvalue weighted by molar-refractivity contribution is -0.384. The van der Waals surface area contributed by atoms with Crippen LogP contribution in [0, 0.1) is 17.0 Å². The summed E-state index contributed by atoms with van der Waals surface area (Å²) in [5, 5.41) is 11.5. The van der Waals surface area contributed by atoms with Crippen LogP contribution >= 0.6 is 0 Å². The molecule has 0 spiro atoms. The van der Waals surface area contributed by atoms with E-state index in [0.29, 0.717) is 22.3 Å². The monoisotopic (exact) mass is 352 g/mol. The van der Waals surface area contributed by atoms with Crippen molar-refractivity contribution in [2.45, 2.75) is 6.92 Å². The second-order valence-electron chi connectivity index (χ2n) is 5.70. The highest BCUT2D eigenvalue weighted by molar-refractivity contribution is 5.90. The van der Waals surface area contributed by atoms with Gasteiger partial charge >= 0.3 is 5.97 Å². The van der Waals surface area contributed by atoms with Gasteiger partial charge in [-0.15, -0.1) is 0 Å². The molecule has 7 heteroatoms. The lowest BCUT2D eigenvalue weighted by Gasteiger charge is -2.11. The van der Waals surface area contributed by atoms with Crippen LogP contribution in [-0.2, 0) is 9.53 Å². The van der Waals surface area contributed by atoms with Crippen LogP contribution in [-0.4, -0.2) is 29.6 Å². The first kappa shape index (κ1) is 17.3. The van der Waals surface area contributed by atoms with Gasteiger partial charge in [0.15, 0.2) is 6.61 Å². The van der Waals surface area contributed by atoms with Crippen LogP contribution in [0.25, 0.3) is 22.2 Å². The van der Waals surface area contributed by atoms with Gasteiger partial charge in [0.05, 0.1) is 23.2 Å². The number of nitrogens with zero attached hydrogens (tertiary/aromatic N) is 2. The fourth-order valence-electron chi connectivity index (χ4n) is 2.48. The Kier molecular flexibility index (Phi) is 4.79. The van der Waals surface area contributed by atoms with Gasteiger partial charge in [0.25, 0.3) is 5.69 Å². The second-order valence-corrected chi connectivity index (χ2v) is 5.70. The second kappa shape index (κ2) is 7.18. The molecule has 0 atom stereocenters. The molecule has 0 aliphatic carbocycles. The van der Waals surface area contributed by atoms with E-state index in [4.69, 9.17) is 4.74 Å². The molecule has 7 nitrogen and oxygen atoms in total. The van der Waals surface area contributed by atoms with Crippen molar-refractivity contribution in [2.75, 3.05) is 13.7 Å². The zero-order chi connectivity index (χ0) is 18.7. The number of esters is 1. The Balaban J connectivity index is 2.13. The standard InChI is InChI=1S/C19H16N2O5/c1-12-3-5-13(6-4-12)17-10-18(26-11-19(22)25-2)15-9-14(21(23)24)7-8-16(15)20-17/h3-10H,11H2,1-2H3. The topological polar surface area (TPSA) is 91.6 Å². The number of rotatable bonds is 5. The molecule has 0 fully saturated rings. The van der Waals surface area contributed by atoms with E-state index in [2.05, 4.69) is 9.72 Å². The average Bonchev–Trinajstić information content (AvgIpc) is 2.65. The number of fused-ring (bicyclic) bond motifs is 1. The number of aryl methyl sites for hydroxylation is 1. The van der Waals surface area contributed by atoms with Crippen molar-refractivity contribution in [2.24, 2.45) is 0 Å². The van der Waals surface area contributed by atoms with Gasteiger partial charge < -0.3 is 9.47 Å². The average molecular weight is 352 g/mol. The highest BCUT2D eigenvalue weighted by Gasteiger charge is 2.14. The van der Waals surface area contributed by atoms with Crippen LogP contribution in [0.3, 0.4) is 0 Å². The minimum absolute atomic E-state index is 0.0784. The summed E-state index contributed by atoms with van der Waals surface area (Å²) in [5.41, 5.74) is 3.09. The normalized spacial score (nSPS) is 10.5. The lowest BCUT2D eigenvalue weighted by atomic mass is 10.1. The van der Waals surface area contributed by atoms with Gasteiger partial charge in [-0.3, -0.25) is 10.1 Å². The van der Waals surface area contributed by atoms with E-state index in [-0.39, 0.29) is 12.3 Å². The van der Waals surface area contributed by atoms with Crippen molar-refractivity contribution in [1.82, 2.24) is 4.98 Å². The third-order valence-corrected chi connectivity index (χ3v) is 3.89. The van der Waals surface area contributed by atoms with Crippen molar-refractivity contribution in [3.8, 4) is 17.0 Å². The van der Waals surface area contributed by atoms with E-state index in [1.807, 2.05) is 31.2 Å². The minimum atomic E-state index is -0.544. The van der Waals surface area contributed by atoms with Gasteiger partial charge in [0.1, 0.15) is 5.75 Å². The van der Waals surface area contributed by atoms with Gasteiger partial charge in [-0.1, -0.05) is 29.8 Å². The third kappa shape index (κ3) is 3.61. The molecule has 0 N–H and O–H groups in total. The molecule has 3 aromatic rings. The van der Waals surface area contributed by atoms with Gasteiger partial charge in [0, 0.05) is 29.1 Å². The Morgan fingerprint density at radius 1 is 1.15 bits per heavy atom. The fraction of sp³-hybridized carbons (Fsp3) is 0.158. The molecule has 132 valence electrons. The summed E-state index contributed by atoms with van der Waals surface area (Å²) in [5.74, 6) is -0.211. The number of hydrogen-bond donors (Lipinski definition) is 0. The Morgan fingerprint density at radius 3 is 2.54 bits per heavy atom. The van der Waals surface area contributed by atoms with E-state index in [1.54, 1.807) is 12.1 Å². The molecule has 0 bridgehead atoms. The molecule has 3 rings (SSSR count). The zero-order valence-electron chi connectivity index (χ0n) is 14.3. The SMILES string of the molecule is COC(=O)COc1cc(-c2ccc(C)cc2)nc2ccc([N+](=O)[O-])cc12. The number of benzene rings is 2. The summed E-state index contributed by atoms with van der Waals surface area (Å²) >= 11 is 0. The number of methoxy groups -OCH3 is 1. The highest BCUT2D eigenvalue weighted by Crippen LogP contribution is 2.32.